The van der Waals surface area contributed by atoms with Gasteiger partial charge in [-0.25, -0.2) is 4.98 Å². The van der Waals surface area contributed by atoms with Gasteiger partial charge in [0.2, 0.25) is 0 Å². The minimum atomic E-state index is 0.218. The number of nitrogens with one attached hydrogen (secondary N) is 1. The highest BCUT2D eigenvalue weighted by atomic mass is 32.2. The second kappa shape index (κ2) is 3.59. The summed E-state index contributed by atoms with van der Waals surface area (Å²) in [5.41, 5.74) is 10.7. The number of hydrogen-bond donors (Lipinski definition) is 2. The van der Waals surface area contributed by atoms with Crippen molar-refractivity contribution in [3.63, 3.8) is 0 Å². The van der Waals surface area contributed by atoms with Crippen molar-refractivity contribution in [1.29, 1.82) is 0 Å². The van der Waals surface area contributed by atoms with Gasteiger partial charge in [0.25, 0.3) is 0 Å². The minimum absolute atomic E-state index is 0.218. The Kier molecular flexibility index (Phi) is 1.94. The van der Waals surface area contributed by atoms with Crippen LogP contribution in [0.15, 0.2) is 41.3 Å². The average molecular weight is 298 g/mol. The second-order valence-corrected chi connectivity index (χ2v) is 6.97. The Morgan fingerprint density at radius 2 is 2.05 bits per heavy atom. The zero-order valence-electron chi connectivity index (χ0n) is 10.3. The molecule has 2 aliphatic heterocycles. The fraction of sp³-hybridized carbons (Fsp3) is 0.0714. The largest absolute Gasteiger partial charge is 0.375 e. The first-order valence-electron chi connectivity index (χ1n) is 6.32. The smallest absolute Gasteiger partial charge is 0.181 e. The predicted molar refractivity (Wildman–Crippen MR) is 85.9 cm³/mol. The lowest BCUT2D eigenvalue weighted by atomic mass is 10.2. The zero-order valence-corrected chi connectivity index (χ0v) is 12.0. The normalized spacial score (nSPS) is 18.8. The highest BCUT2D eigenvalue weighted by Gasteiger charge is 2.38. The number of nitrogens with zero attached hydrogens (tertiary/aromatic N) is 2. The summed E-state index contributed by atoms with van der Waals surface area (Å²) in [6.07, 6.45) is 0. The van der Waals surface area contributed by atoms with E-state index in [-0.39, 0.29) is 5.50 Å². The van der Waals surface area contributed by atoms with E-state index in [0.29, 0.717) is 5.13 Å². The molecule has 3 N–H and O–H groups in total. The summed E-state index contributed by atoms with van der Waals surface area (Å²) in [5, 5.41) is 4.18. The van der Waals surface area contributed by atoms with Crippen molar-refractivity contribution >= 4 is 55.5 Å². The number of benzene rings is 2. The third-order valence-electron chi connectivity index (χ3n) is 3.68. The fourth-order valence-electron chi connectivity index (χ4n) is 2.86. The molecule has 0 radical (unpaired) electrons. The maximum absolute atomic E-state index is 5.85. The maximum Gasteiger partial charge on any atom is 0.181 e. The molecule has 0 bridgehead atoms. The summed E-state index contributed by atoms with van der Waals surface area (Å²) < 4.78 is 1.16. The molecular formula is C14H10N4S2. The molecular weight excluding hydrogens is 288 g/mol. The predicted octanol–water partition coefficient (Wildman–Crippen LogP) is 3.83. The van der Waals surface area contributed by atoms with E-state index in [0.717, 1.165) is 10.2 Å². The first-order chi connectivity index (χ1) is 9.81. The average Bonchev–Trinajstić information content (AvgIpc) is 3.07. The molecule has 20 heavy (non-hydrogen) atoms. The van der Waals surface area contributed by atoms with E-state index in [1.54, 1.807) is 11.3 Å². The fourth-order valence-corrected chi connectivity index (χ4v) is 4.97. The molecule has 0 aliphatic carbocycles. The molecule has 98 valence electrons. The van der Waals surface area contributed by atoms with Crippen LogP contribution < -0.4 is 16.0 Å². The molecule has 5 rings (SSSR count). The Morgan fingerprint density at radius 3 is 3.00 bits per heavy atom. The monoisotopic (exact) mass is 298 g/mol. The van der Waals surface area contributed by atoms with Crippen molar-refractivity contribution < 1.29 is 0 Å². The molecule has 0 amide bonds. The van der Waals surface area contributed by atoms with Gasteiger partial charge >= 0.3 is 0 Å². The van der Waals surface area contributed by atoms with Crippen LogP contribution in [0, 0.1) is 0 Å². The van der Waals surface area contributed by atoms with E-state index in [2.05, 4.69) is 51.6 Å². The molecule has 3 heterocycles. The van der Waals surface area contributed by atoms with Gasteiger partial charge in [0.1, 0.15) is 0 Å². The molecule has 0 fully saturated rings. The number of aromatic nitrogens is 1. The third-order valence-corrected chi connectivity index (χ3v) is 5.72. The van der Waals surface area contributed by atoms with E-state index < -0.39 is 0 Å². The van der Waals surface area contributed by atoms with E-state index in [9.17, 15) is 0 Å². The van der Waals surface area contributed by atoms with E-state index in [1.165, 1.54) is 22.0 Å². The number of thiazole rings is 1. The number of nitrogens with two attached hydrogens (primary N) is 1. The molecule has 1 aromatic heterocycles. The SMILES string of the molecule is Nc1nc2c3c(ccc2s1)N1c2ccccc2NC1S3. The molecule has 1 unspecified atom stereocenters. The van der Waals surface area contributed by atoms with Gasteiger partial charge in [0, 0.05) is 0 Å². The molecule has 2 aromatic carbocycles. The number of para-hydroxylation sites is 2. The quantitative estimate of drug-likeness (QED) is 0.660. The Labute approximate surface area is 123 Å². The molecule has 1 atom stereocenters. The number of rotatable bonds is 0. The number of thioether (sulfide) groups is 1. The van der Waals surface area contributed by atoms with Crippen LogP contribution in [0.2, 0.25) is 0 Å². The first kappa shape index (κ1) is 10.8. The topological polar surface area (TPSA) is 54.2 Å². The van der Waals surface area contributed by atoms with Crippen molar-refractivity contribution in [2.45, 2.75) is 10.4 Å². The maximum atomic E-state index is 5.85. The van der Waals surface area contributed by atoms with Crippen LogP contribution in [-0.4, -0.2) is 10.5 Å². The standard InChI is InChI=1S/C14H10N4S2/c15-13-17-11-10(19-13)6-5-9-12(11)20-14-16-7-3-1-2-4-8(7)18(9)14/h1-6,14,16H,(H2,15,17). The van der Waals surface area contributed by atoms with E-state index in [4.69, 9.17) is 5.73 Å². The second-order valence-electron chi connectivity index (χ2n) is 4.81. The van der Waals surface area contributed by atoms with Gasteiger partial charge in [0.15, 0.2) is 10.6 Å². The molecule has 0 saturated heterocycles. The zero-order chi connectivity index (χ0) is 13.3. The van der Waals surface area contributed by atoms with Crippen molar-refractivity contribution in [1.82, 2.24) is 4.98 Å². The first-order valence-corrected chi connectivity index (χ1v) is 8.01. The van der Waals surface area contributed by atoms with Crippen molar-refractivity contribution in [2.24, 2.45) is 0 Å². The lowest BCUT2D eigenvalue weighted by Crippen LogP contribution is -2.23. The Bertz CT molecular complexity index is 858. The van der Waals surface area contributed by atoms with Gasteiger partial charge in [0.05, 0.1) is 32.2 Å². The molecule has 6 heteroatoms. The summed E-state index contributed by atoms with van der Waals surface area (Å²) in [6, 6.07) is 12.7. The van der Waals surface area contributed by atoms with Crippen LogP contribution in [0.4, 0.5) is 22.2 Å². The Morgan fingerprint density at radius 1 is 1.15 bits per heavy atom. The summed E-state index contributed by atoms with van der Waals surface area (Å²) in [4.78, 5) is 8.05. The number of anilines is 4. The summed E-state index contributed by atoms with van der Waals surface area (Å²) >= 11 is 3.36. The molecule has 0 spiro atoms. The van der Waals surface area contributed by atoms with Gasteiger partial charge in [-0.05, 0) is 24.3 Å². The molecule has 2 aliphatic rings. The van der Waals surface area contributed by atoms with Gasteiger partial charge in [-0.15, -0.1) is 0 Å². The molecule has 3 aromatic rings. The van der Waals surface area contributed by atoms with E-state index >= 15 is 0 Å². The van der Waals surface area contributed by atoms with Crippen LogP contribution in [0.3, 0.4) is 0 Å². The number of hydrogen-bond acceptors (Lipinski definition) is 6. The van der Waals surface area contributed by atoms with Gasteiger partial charge in [-0.3, -0.25) is 0 Å². The summed E-state index contributed by atoms with van der Waals surface area (Å²) in [7, 11) is 0. The summed E-state index contributed by atoms with van der Waals surface area (Å²) in [6.45, 7) is 0. The van der Waals surface area contributed by atoms with Crippen molar-refractivity contribution in [3.8, 4) is 0 Å². The highest BCUT2D eigenvalue weighted by Crippen LogP contribution is 2.55. The van der Waals surface area contributed by atoms with Gasteiger partial charge in [-0.1, -0.05) is 35.2 Å². The van der Waals surface area contributed by atoms with E-state index in [1.807, 2.05) is 11.8 Å². The van der Waals surface area contributed by atoms with Gasteiger partial charge < -0.3 is 16.0 Å². The number of nitrogen functional groups attached to an aromatic ring is 1. The van der Waals surface area contributed by atoms with Crippen LogP contribution in [-0.2, 0) is 0 Å². The minimum Gasteiger partial charge on any atom is -0.375 e. The molecule has 4 nitrogen and oxygen atoms in total. The Balaban J connectivity index is 1.77. The Hall–Kier alpha value is -1.92. The van der Waals surface area contributed by atoms with Crippen LogP contribution in [0.25, 0.3) is 10.2 Å². The third kappa shape index (κ3) is 1.25. The lowest BCUT2D eigenvalue weighted by molar-refractivity contribution is 1.05. The lowest BCUT2D eigenvalue weighted by Gasteiger charge is -2.17. The van der Waals surface area contributed by atoms with Crippen LogP contribution in [0.5, 0.6) is 0 Å². The van der Waals surface area contributed by atoms with Crippen molar-refractivity contribution in [2.75, 3.05) is 16.0 Å². The van der Waals surface area contributed by atoms with Crippen LogP contribution in [0.1, 0.15) is 0 Å². The molecule has 0 saturated carbocycles. The highest BCUT2D eigenvalue weighted by molar-refractivity contribution is 8.00. The summed E-state index contributed by atoms with van der Waals surface area (Å²) in [5.74, 6) is 0. The number of fused-ring (bicyclic) bond motifs is 7. The van der Waals surface area contributed by atoms with Gasteiger partial charge in [-0.2, -0.15) is 0 Å². The van der Waals surface area contributed by atoms with Crippen molar-refractivity contribution in [3.05, 3.63) is 36.4 Å². The van der Waals surface area contributed by atoms with Crippen LogP contribution >= 0.6 is 23.1 Å².